The van der Waals surface area contributed by atoms with E-state index in [-0.39, 0.29) is 57.1 Å². The van der Waals surface area contributed by atoms with Crippen molar-refractivity contribution in [2.45, 2.75) is 19.0 Å². The summed E-state index contributed by atoms with van der Waals surface area (Å²) in [4.78, 5) is 37.7. The number of aromatic nitrogens is 3. The highest BCUT2D eigenvalue weighted by Crippen LogP contribution is 2.37. The number of carbonyl (C=O) groups excluding carboxylic acids is 1. The van der Waals surface area contributed by atoms with Crippen LogP contribution in [0.15, 0.2) is 36.5 Å². The Morgan fingerprint density at radius 2 is 1.59 bits per heavy atom. The predicted molar refractivity (Wildman–Crippen MR) is 167 cm³/mol. The fourth-order valence-corrected chi connectivity index (χ4v) is 5.80. The number of halogens is 6. The van der Waals surface area contributed by atoms with E-state index in [0.29, 0.717) is 30.1 Å². The van der Waals surface area contributed by atoms with Crippen LogP contribution in [0.4, 0.5) is 53.3 Å². The van der Waals surface area contributed by atoms with E-state index >= 15 is 0 Å². The number of alkyl halides is 6. The molecule has 0 saturated carbocycles. The molecule has 0 aliphatic carbocycles. The van der Waals surface area contributed by atoms with Gasteiger partial charge in [0, 0.05) is 77.3 Å². The highest BCUT2D eigenvalue weighted by atomic mass is 32.1. The lowest BCUT2D eigenvalue weighted by atomic mass is 10.1. The van der Waals surface area contributed by atoms with Gasteiger partial charge in [-0.1, -0.05) is 0 Å². The Kier molecular flexibility index (Phi) is 11.0. The van der Waals surface area contributed by atoms with Gasteiger partial charge in [-0.15, -0.1) is 4.37 Å². The number of hydrogen-bond acceptors (Lipinski definition) is 10. The maximum atomic E-state index is 13.2. The lowest BCUT2D eigenvalue weighted by Gasteiger charge is -2.34. The number of urea groups is 1. The zero-order valence-corrected chi connectivity index (χ0v) is 27.0. The molecule has 266 valence electrons. The molecular weight excluding hydrogens is 684 g/mol. The number of nitrogens with one attached hydrogen (secondary N) is 1. The van der Waals surface area contributed by atoms with Crippen molar-refractivity contribution >= 4 is 41.2 Å². The first-order chi connectivity index (χ1) is 23.2. The maximum Gasteiger partial charge on any atom is 0.416 e. The van der Waals surface area contributed by atoms with E-state index in [1.807, 2.05) is 7.05 Å². The molecular formula is C29H33F6N9O4S. The Bertz CT molecular complexity index is 1580. The van der Waals surface area contributed by atoms with Crippen LogP contribution in [0.1, 0.15) is 16.7 Å². The molecule has 0 spiro atoms. The number of benzene rings is 1. The topological polar surface area (TPSA) is 130 Å². The number of likely N-dealkylation sites (N-methyl/N-ethyl adjacent to an activating group) is 1. The fourth-order valence-electron chi connectivity index (χ4n) is 5.28. The highest BCUT2D eigenvalue weighted by Gasteiger charge is 2.37. The van der Waals surface area contributed by atoms with Crippen molar-refractivity contribution in [3.63, 3.8) is 0 Å². The zero-order valence-electron chi connectivity index (χ0n) is 26.2. The first kappa shape index (κ1) is 35.9. The Morgan fingerprint density at radius 3 is 2.20 bits per heavy atom. The van der Waals surface area contributed by atoms with Gasteiger partial charge in [-0.05, 0) is 42.9 Å². The van der Waals surface area contributed by atoms with Crippen LogP contribution in [0.5, 0.6) is 5.88 Å². The minimum Gasteiger partial charge on any atom is -0.470 e. The molecule has 2 fully saturated rings. The van der Waals surface area contributed by atoms with Gasteiger partial charge in [-0.3, -0.25) is 9.80 Å². The summed E-state index contributed by atoms with van der Waals surface area (Å²) in [5.74, 6) is 0.856. The van der Waals surface area contributed by atoms with Crippen molar-refractivity contribution in [3.05, 3.63) is 53.2 Å². The molecule has 3 amide bonds. The Labute approximate surface area is 281 Å². The number of nitrogens with zero attached hydrogens (tertiary/aromatic N) is 8. The second-order valence-electron chi connectivity index (χ2n) is 11.5. The minimum absolute atomic E-state index is 0.00921. The second-order valence-corrected chi connectivity index (χ2v) is 12.0. The Morgan fingerprint density at radius 1 is 0.939 bits per heavy atom. The van der Waals surface area contributed by atoms with E-state index in [1.165, 1.54) is 16.0 Å². The minimum atomic E-state index is -5.04. The van der Waals surface area contributed by atoms with E-state index in [4.69, 9.17) is 4.74 Å². The van der Waals surface area contributed by atoms with E-state index in [9.17, 15) is 41.0 Å². The molecule has 4 heterocycles. The van der Waals surface area contributed by atoms with Crippen molar-refractivity contribution in [1.82, 2.24) is 28.4 Å². The molecule has 49 heavy (non-hydrogen) atoms. The first-order valence-corrected chi connectivity index (χ1v) is 15.8. The third-order valence-corrected chi connectivity index (χ3v) is 8.58. The average molecular weight is 718 g/mol. The highest BCUT2D eigenvalue weighted by molar-refractivity contribution is 6.99. The molecule has 13 nitrogen and oxygen atoms in total. The van der Waals surface area contributed by atoms with Crippen LogP contribution in [-0.4, -0.2) is 118 Å². The molecule has 2 aliphatic heterocycles. The first-order valence-electron chi connectivity index (χ1n) is 15.1. The zero-order chi connectivity index (χ0) is 35.3. The van der Waals surface area contributed by atoms with Crippen LogP contribution in [0.3, 0.4) is 0 Å². The number of anilines is 3. The molecule has 3 aromatic rings. The number of rotatable bonds is 9. The van der Waals surface area contributed by atoms with Crippen molar-refractivity contribution in [2.24, 2.45) is 0 Å². The quantitative estimate of drug-likeness (QED) is 0.302. The lowest BCUT2D eigenvalue weighted by Crippen LogP contribution is -2.50. The van der Waals surface area contributed by atoms with E-state index < -0.39 is 41.3 Å². The van der Waals surface area contributed by atoms with Crippen LogP contribution in [0.25, 0.3) is 0 Å². The van der Waals surface area contributed by atoms with Gasteiger partial charge in [0.15, 0.2) is 0 Å². The van der Waals surface area contributed by atoms with Crippen molar-refractivity contribution < 1.29 is 45.8 Å². The van der Waals surface area contributed by atoms with Crippen molar-refractivity contribution in [3.8, 4) is 5.88 Å². The van der Waals surface area contributed by atoms with Gasteiger partial charge in [-0.2, -0.15) is 30.7 Å². The number of carboxylic acid groups (broad SMARTS) is 1. The summed E-state index contributed by atoms with van der Waals surface area (Å²) in [6, 6.07) is 3.35. The largest absolute Gasteiger partial charge is 0.470 e. The van der Waals surface area contributed by atoms with Crippen LogP contribution < -0.4 is 19.9 Å². The molecule has 5 rings (SSSR count). The van der Waals surface area contributed by atoms with Crippen molar-refractivity contribution in [1.29, 1.82) is 0 Å². The number of ether oxygens (including phenoxy) is 1. The summed E-state index contributed by atoms with van der Waals surface area (Å²) in [5.41, 5.74) is -3.06. The predicted octanol–water partition coefficient (Wildman–Crippen LogP) is 4.64. The third-order valence-electron chi connectivity index (χ3n) is 8.08. The van der Waals surface area contributed by atoms with Crippen LogP contribution in [0, 0.1) is 0 Å². The summed E-state index contributed by atoms with van der Waals surface area (Å²) in [6.45, 7) is 4.99. The summed E-state index contributed by atoms with van der Waals surface area (Å²) >= 11 is 0.893. The summed E-state index contributed by atoms with van der Waals surface area (Å²) in [5, 5.41) is 12.0. The smallest absolute Gasteiger partial charge is 0.416 e. The molecule has 2 N–H and O–H groups in total. The average Bonchev–Trinajstić information content (AvgIpc) is 3.53. The molecule has 0 unspecified atom stereocenters. The molecule has 2 aromatic heterocycles. The normalized spacial score (nSPS) is 16.5. The van der Waals surface area contributed by atoms with Crippen LogP contribution >= 0.6 is 11.7 Å². The second kappa shape index (κ2) is 15.0. The Hall–Kier alpha value is -4.43. The van der Waals surface area contributed by atoms with Crippen LogP contribution in [0.2, 0.25) is 0 Å². The molecule has 0 bridgehead atoms. The molecule has 1 aromatic carbocycles. The molecule has 0 radical (unpaired) electrons. The van der Waals surface area contributed by atoms with Gasteiger partial charge < -0.3 is 29.9 Å². The third kappa shape index (κ3) is 9.38. The number of amides is 3. The molecule has 20 heteroatoms. The monoisotopic (exact) mass is 717 g/mol. The standard InChI is InChI=1S/C29H33F6N9O4S/c1-40-4-6-41(7-5-40)8-13-44(27(46)47)23-14-19(2-3-36-23)18-48-25-24(38-49-39-25)42-9-11-43(12-10-42)26(45)37-22-16-20(28(30,31)32)15-21(17-22)29(33,34)35/h2-3,14-17H,4-13,18H2,1H3,(H,37,45)(H,46,47). The molecule has 2 aliphatic rings. The lowest BCUT2D eigenvalue weighted by molar-refractivity contribution is -0.143. The molecule has 0 atom stereocenters. The summed E-state index contributed by atoms with van der Waals surface area (Å²) in [6.07, 6.45) is -9.72. The Balaban J connectivity index is 1.16. The molecule has 2 saturated heterocycles. The van der Waals surface area contributed by atoms with Gasteiger partial charge in [0.1, 0.15) is 12.4 Å². The SMILES string of the molecule is CN1CCN(CCN(C(=O)O)c2cc(COc3nsnc3N3CCN(C(=O)Nc4cc(C(F)(F)F)cc(C(F)(F)F)c4)CC3)ccn2)CC1. The number of hydrogen-bond donors (Lipinski definition) is 2. The van der Waals surface area contributed by atoms with Crippen LogP contribution in [-0.2, 0) is 19.0 Å². The van der Waals surface area contributed by atoms with Gasteiger partial charge in [-0.25, -0.2) is 14.6 Å². The van der Waals surface area contributed by atoms with E-state index in [2.05, 4.69) is 28.8 Å². The fraction of sp³-hybridized carbons (Fsp3) is 0.483. The number of pyridine rings is 1. The van der Waals surface area contributed by atoms with Gasteiger partial charge in [0.05, 0.1) is 22.9 Å². The number of carbonyl (C=O) groups is 2. The van der Waals surface area contributed by atoms with E-state index in [1.54, 1.807) is 17.0 Å². The summed E-state index contributed by atoms with van der Waals surface area (Å²) in [7, 11) is 2.04. The van der Waals surface area contributed by atoms with Gasteiger partial charge in [0.25, 0.3) is 5.88 Å². The van der Waals surface area contributed by atoms with Crippen molar-refractivity contribution in [2.75, 3.05) is 87.6 Å². The van der Waals surface area contributed by atoms with Gasteiger partial charge in [0.2, 0.25) is 5.82 Å². The van der Waals surface area contributed by atoms with Gasteiger partial charge >= 0.3 is 24.5 Å². The number of piperazine rings is 2. The summed E-state index contributed by atoms with van der Waals surface area (Å²) < 4.78 is 93.7. The van der Waals surface area contributed by atoms with E-state index in [0.717, 1.165) is 37.9 Å². The maximum absolute atomic E-state index is 13.2.